The van der Waals surface area contributed by atoms with E-state index in [2.05, 4.69) is 5.32 Å². The van der Waals surface area contributed by atoms with Gasteiger partial charge in [-0.05, 0) is 31.0 Å². The number of carbonyl (C=O) groups excluding carboxylic acids is 2. The van der Waals surface area contributed by atoms with E-state index >= 15 is 0 Å². The molecule has 20 heavy (non-hydrogen) atoms. The van der Waals surface area contributed by atoms with Gasteiger partial charge in [-0.2, -0.15) is 0 Å². The van der Waals surface area contributed by atoms with Crippen LogP contribution in [-0.4, -0.2) is 30.6 Å². The molecule has 1 aliphatic heterocycles. The first-order valence-corrected chi connectivity index (χ1v) is 6.64. The van der Waals surface area contributed by atoms with E-state index in [1.54, 1.807) is 6.07 Å². The highest BCUT2D eigenvalue weighted by Gasteiger charge is 2.29. The first-order valence-electron chi connectivity index (χ1n) is 6.27. The molecule has 1 fully saturated rings. The number of rotatable bonds is 4. The molecule has 1 aromatic carbocycles. The predicted octanol–water partition coefficient (Wildman–Crippen LogP) is 0.884. The van der Waals surface area contributed by atoms with Crippen LogP contribution in [0.2, 0.25) is 5.02 Å². The molecule has 0 aliphatic carbocycles. The minimum atomic E-state index is -0.613. The van der Waals surface area contributed by atoms with E-state index in [0.29, 0.717) is 18.7 Å². The number of nitrogens with one attached hydrogen (secondary N) is 1. The van der Waals surface area contributed by atoms with E-state index in [0.717, 1.165) is 6.42 Å². The van der Waals surface area contributed by atoms with Crippen LogP contribution in [0.4, 0.5) is 5.69 Å². The Bertz CT molecular complexity index is 536. The van der Waals surface area contributed by atoms with Crippen molar-refractivity contribution in [3.63, 3.8) is 0 Å². The molecule has 0 bridgehead atoms. The van der Waals surface area contributed by atoms with Crippen LogP contribution in [-0.2, 0) is 9.53 Å². The van der Waals surface area contributed by atoms with Crippen molar-refractivity contribution in [2.45, 2.75) is 25.0 Å². The van der Waals surface area contributed by atoms with Gasteiger partial charge in [-0.25, -0.2) is 0 Å². The normalized spacial score (nSPS) is 21.7. The number of ether oxygens (including phenoxy) is 1. The van der Waals surface area contributed by atoms with Crippen molar-refractivity contribution < 1.29 is 14.3 Å². The molecule has 1 aliphatic rings. The predicted molar refractivity (Wildman–Crippen MR) is 75.5 cm³/mol. The topological polar surface area (TPSA) is 107 Å². The average Bonchev–Trinajstić information content (AvgIpc) is 2.87. The molecular formula is C13H16ClN3O3. The summed E-state index contributed by atoms with van der Waals surface area (Å²) < 4.78 is 5.49. The molecule has 1 aromatic rings. The standard InChI is InChI=1S/C13H16ClN3O3/c14-10-5-7(1-3-9(10)12(16)18)17-13(19)11-4-2-8(6-15)20-11/h1,3,5,8,11H,2,4,6,15H2,(H2,16,18)(H,17,19). The third-order valence-corrected chi connectivity index (χ3v) is 3.48. The number of halogens is 1. The zero-order valence-corrected chi connectivity index (χ0v) is 11.5. The second-order valence-electron chi connectivity index (χ2n) is 4.61. The monoisotopic (exact) mass is 297 g/mol. The third kappa shape index (κ3) is 3.27. The average molecular weight is 298 g/mol. The summed E-state index contributed by atoms with van der Waals surface area (Å²) in [6.07, 6.45) is 0.848. The van der Waals surface area contributed by atoms with Gasteiger partial charge >= 0.3 is 0 Å². The largest absolute Gasteiger partial charge is 0.366 e. The van der Waals surface area contributed by atoms with E-state index < -0.39 is 12.0 Å². The summed E-state index contributed by atoms with van der Waals surface area (Å²) in [5.41, 5.74) is 11.4. The first-order chi connectivity index (χ1) is 9.51. The van der Waals surface area contributed by atoms with Gasteiger partial charge in [-0.3, -0.25) is 9.59 Å². The fraction of sp³-hybridized carbons (Fsp3) is 0.385. The fourth-order valence-corrected chi connectivity index (χ4v) is 2.36. The number of hydrogen-bond donors (Lipinski definition) is 3. The number of anilines is 1. The molecule has 0 saturated carbocycles. The van der Waals surface area contributed by atoms with Gasteiger partial charge in [-0.15, -0.1) is 0 Å². The van der Waals surface area contributed by atoms with Crippen LogP contribution in [0, 0.1) is 0 Å². The maximum atomic E-state index is 12.0. The van der Waals surface area contributed by atoms with Crippen molar-refractivity contribution in [3.05, 3.63) is 28.8 Å². The van der Waals surface area contributed by atoms with E-state index in [9.17, 15) is 9.59 Å². The SMILES string of the molecule is NCC1CCC(C(=O)Nc2ccc(C(N)=O)c(Cl)c2)O1. The van der Waals surface area contributed by atoms with Gasteiger partial charge in [0.2, 0.25) is 5.91 Å². The molecular weight excluding hydrogens is 282 g/mol. The Hall–Kier alpha value is -1.63. The molecule has 1 heterocycles. The van der Waals surface area contributed by atoms with Crippen molar-refractivity contribution in [1.29, 1.82) is 0 Å². The quantitative estimate of drug-likeness (QED) is 0.767. The number of nitrogens with two attached hydrogens (primary N) is 2. The summed E-state index contributed by atoms with van der Waals surface area (Å²) in [4.78, 5) is 23.0. The Morgan fingerprint density at radius 3 is 2.70 bits per heavy atom. The maximum Gasteiger partial charge on any atom is 0.253 e. The van der Waals surface area contributed by atoms with E-state index in [1.165, 1.54) is 12.1 Å². The molecule has 5 N–H and O–H groups in total. The summed E-state index contributed by atoms with van der Waals surface area (Å²) >= 11 is 5.91. The van der Waals surface area contributed by atoms with E-state index in [1.807, 2.05) is 0 Å². The lowest BCUT2D eigenvalue weighted by atomic mass is 10.1. The number of carbonyl (C=O) groups is 2. The maximum absolute atomic E-state index is 12.0. The zero-order chi connectivity index (χ0) is 14.7. The van der Waals surface area contributed by atoms with Gasteiger partial charge in [-0.1, -0.05) is 11.6 Å². The van der Waals surface area contributed by atoms with E-state index in [4.69, 9.17) is 27.8 Å². The van der Waals surface area contributed by atoms with Gasteiger partial charge < -0.3 is 21.5 Å². The molecule has 2 atom stereocenters. The molecule has 0 radical (unpaired) electrons. The number of hydrogen-bond acceptors (Lipinski definition) is 4. The van der Waals surface area contributed by atoms with Gasteiger partial charge in [0.05, 0.1) is 16.7 Å². The van der Waals surface area contributed by atoms with Crippen molar-refractivity contribution in [2.24, 2.45) is 11.5 Å². The van der Waals surface area contributed by atoms with Crippen LogP contribution in [0.15, 0.2) is 18.2 Å². The van der Waals surface area contributed by atoms with Crippen LogP contribution in [0.1, 0.15) is 23.2 Å². The Kier molecular flexibility index (Phi) is 4.59. The van der Waals surface area contributed by atoms with Crippen LogP contribution < -0.4 is 16.8 Å². The summed E-state index contributed by atoms with van der Waals surface area (Å²) in [7, 11) is 0. The summed E-state index contributed by atoms with van der Waals surface area (Å²) in [5.74, 6) is -0.860. The van der Waals surface area contributed by atoms with Crippen molar-refractivity contribution >= 4 is 29.1 Å². The minimum Gasteiger partial charge on any atom is -0.366 e. The smallest absolute Gasteiger partial charge is 0.253 e. The Labute approximate surface area is 121 Å². The van der Waals surface area contributed by atoms with Gasteiger partial charge in [0.15, 0.2) is 0 Å². The molecule has 6 nitrogen and oxygen atoms in total. The summed E-state index contributed by atoms with van der Waals surface area (Å²) in [6, 6.07) is 4.52. The molecule has 2 rings (SSSR count). The first kappa shape index (κ1) is 14.8. The molecule has 2 amide bonds. The van der Waals surface area contributed by atoms with Crippen molar-refractivity contribution in [1.82, 2.24) is 0 Å². The second-order valence-corrected chi connectivity index (χ2v) is 5.02. The highest BCUT2D eigenvalue weighted by molar-refractivity contribution is 6.34. The molecule has 0 spiro atoms. The van der Waals surface area contributed by atoms with Gasteiger partial charge in [0.1, 0.15) is 6.10 Å². The number of primary amides is 1. The summed E-state index contributed by atoms with van der Waals surface area (Å²) in [5, 5.41) is 2.89. The molecule has 2 unspecified atom stereocenters. The van der Waals surface area contributed by atoms with Gasteiger partial charge in [0, 0.05) is 12.2 Å². The number of benzene rings is 1. The zero-order valence-electron chi connectivity index (χ0n) is 10.8. The highest BCUT2D eigenvalue weighted by Crippen LogP contribution is 2.23. The molecule has 108 valence electrons. The molecule has 0 aromatic heterocycles. The van der Waals surface area contributed by atoms with Crippen LogP contribution in [0.25, 0.3) is 0 Å². The second kappa shape index (κ2) is 6.21. The van der Waals surface area contributed by atoms with Gasteiger partial charge in [0.25, 0.3) is 5.91 Å². The Morgan fingerprint density at radius 1 is 1.40 bits per heavy atom. The van der Waals surface area contributed by atoms with Crippen molar-refractivity contribution in [2.75, 3.05) is 11.9 Å². The lowest BCUT2D eigenvalue weighted by Gasteiger charge is -2.13. The van der Waals surface area contributed by atoms with Crippen LogP contribution in [0.3, 0.4) is 0 Å². The summed E-state index contributed by atoms with van der Waals surface area (Å²) in [6.45, 7) is 0.406. The van der Waals surface area contributed by atoms with E-state index in [-0.39, 0.29) is 22.6 Å². The molecule has 7 heteroatoms. The van der Waals surface area contributed by atoms with Crippen LogP contribution in [0.5, 0.6) is 0 Å². The highest BCUT2D eigenvalue weighted by atomic mass is 35.5. The van der Waals surface area contributed by atoms with Crippen LogP contribution >= 0.6 is 11.6 Å². The minimum absolute atomic E-state index is 0.0634. The Morgan fingerprint density at radius 2 is 2.15 bits per heavy atom. The Balaban J connectivity index is 2.02. The lowest BCUT2D eigenvalue weighted by molar-refractivity contribution is -0.126. The molecule has 1 saturated heterocycles. The third-order valence-electron chi connectivity index (χ3n) is 3.16. The fourth-order valence-electron chi connectivity index (χ4n) is 2.09. The number of amides is 2. The lowest BCUT2D eigenvalue weighted by Crippen LogP contribution is -2.29. The van der Waals surface area contributed by atoms with Crippen molar-refractivity contribution in [3.8, 4) is 0 Å².